The molecule has 0 saturated heterocycles. The molecule has 50 heavy (non-hydrogen) atoms. The fourth-order valence-electron chi connectivity index (χ4n) is 7.79. The molecule has 2 heterocycles. The van der Waals surface area contributed by atoms with E-state index in [9.17, 15) is 13.2 Å². The number of aliphatic carboxylic acids is 1. The Labute approximate surface area is 316 Å². The van der Waals surface area contributed by atoms with Crippen LogP contribution >= 0.6 is 0 Å². The Bertz CT molecular complexity index is 827. The molecule has 0 spiro atoms. The third-order valence-electron chi connectivity index (χ3n) is 10.7. The number of rotatable bonds is 4. The second kappa shape index (κ2) is 24.0. The number of hydrogen-bond donors (Lipinski definition) is 0. The van der Waals surface area contributed by atoms with E-state index in [1.807, 2.05) is 0 Å². The molecule has 7 aliphatic rings. The standard InChI is InChI=1S/2C15H24N2.C8H12.C2HF3O2.Ir/c2*1-3-7-14(8-4-1)16-11-12-17(13-16)15-9-5-2-6-10-15;1-2-4-6-8-7-5-3-1;3-2(4,5)1(6)7;/h2*11-12,14-15H,1-10H2;1-2,7-8H,3-6H2;(H,6,7);/p-1. The van der Waals surface area contributed by atoms with Crippen LogP contribution in [0.3, 0.4) is 0 Å². The predicted octanol–water partition coefficient (Wildman–Crippen LogP) is 9.15. The number of carboxylic acid groups (broad SMARTS) is 1. The Kier molecular flexibility index (Phi) is 20.6. The monoisotopic (exact) mass is 878 g/mol. The van der Waals surface area contributed by atoms with E-state index >= 15 is 0 Å². The van der Waals surface area contributed by atoms with Crippen LogP contribution < -0.4 is 5.11 Å². The van der Waals surface area contributed by atoms with Gasteiger partial charge in [0.15, 0.2) is 0 Å². The molecule has 0 atom stereocenters. The minimum Gasteiger partial charge on any atom is -0.542 e. The number of nitrogens with zero attached hydrogens (tertiary/aromatic N) is 4. The van der Waals surface area contributed by atoms with Crippen LogP contribution in [0.5, 0.6) is 0 Å². The zero-order valence-electron chi connectivity index (χ0n) is 30.0. The van der Waals surface area contributed by atoms with E-state index in [2.05, 4.69) is 83.4 Å². The van der Waals surface area contributed by atoms with Crippen LogP contribution in [0.1, 0.15) is 154 Å². The molecule has 7 rings (SSSR count). The number of hydrogen-bond acceptors (Lipinski definition) is 6. The summed E-state index contributed by atoms with van der Waals surface area (Å²) in [6.45, 7) is 7.17. The molecule has 9 radical (unpaired) electrons. The smallest absolute Gasteiger partial charge is 0.430 e. The number of carbonyl (C=O) groups excluding carboxylic acids is 1. The van der Waals surface area contributed by atoms with Crippen molar-refractivity contribution in [3.63, 3.8) is 0 Å². The maximum Gasteiger partial charge on any atom is 0.430 e. The number of carbonyl (C=O) groups is 1. The summed E-state index contributed by atoms with van der Waals surface area (Å²) in [6.07, 6.45) is 45.6. The molecule has 0 aromatic rings. The molecule has 0 amide bonds. The van der Waals surface area contributed by atoms with Gasteiger partial charge < -0.3 is 29.5 Å². The third kappa shape index (κ3) is 15.7. The molecule has 0 bridgehead atoms. The van der Waals surface area contributed by atoms with E-state index < -0.39 is 12.1 Å². The number of alkyl halides is 3. The zero-order valence-corrected chi connectivity index (χ0v) is 32.4. The van der Waals surface area contributed by atoms with Crippen molar-refractivity contribution in [2.45, 2.75) is 184 Å². The SMILES string of the molecule is O=C([O-])C(F)(F)F.[CH]1[CH]CC[CH][CH]CC1.[C]1N(C2CCCCC2)C=CN1C1CCCCC1.[C]1N(C2CCCCC2)C=CN1C1CCCCC1.[Ir]. The van der Waals surface area contributed by atoms with Gasteiger partial charge in [0.1, 0.15) is 5.97 Å². The van der Waals surface area contributed by atoms with Crippen molar-refractivity contribution in [2.24, 2.45) is 0 Å². The van der Waals surface area contributed by atoms with Crippen molar-refractivity contribution in [1.29, 1.82) is 0 Å². The summed E-state index contributed by atoms with van der Waals surface area (Å²) < 4.78 is 31.5. The summed E-state index contributed by atoms with van der Waals surface area (Å²) >= 11 is 0. The van der Waals surface area contributed by atoms with Gasteiger partial charge in [0.2, 0.25) is 13.3 Å². The average molecular weight is 878 g/mol. The van der Waals surface area contributed by atoms with Gasteiger partial charge in [0, 0.05) is 69.1 Å². The van der Waals surface area contributed by atoms with Gasteiger partial charge in [-0.2, -0.15) is 13.2 Å². The summed E-state index contributed by atoms with van der Waals surface area (Å²) in [7, 11) is 0. The van der Waals surface area contributed by atoms with Crippen LogP contribution in [0, 0.1) is 39.0 Å². The molecule has 5 fully saturated rings. The van der Waals surface area contributed by atoms with E-state index in [1.165, 1.54) is 154 Å². The quantitative estimate of drug-likeness (QED) is 0.281. The van der Waals surface area contributed by atoms with Gasteiger partial charge in [0.25, 0.3) is 0 Å². The van der Waals surface area contributed by atoms with Crippen LogP contribution in [0.15, 0.2) is 24.8 Å². The van der Waals surface area contributed by atoms with Crippen LogP contribution in [0.4, 0.5) is 13.2 Å². The fourth-order valence-corrected chi connectivity index (χ4v) is 7.79. The first kappa shape index (κ1) is 43.0. The van der Waals surface area contributed by atoms with Crippen LogP contribution in [-0.4, -0.2) is 55.9 Å². The summed E-state index contributed by atoms with van der Waals surface area (Å²) in [5.41, 5.74) is 0. The molecular weight excluding hydrogens is 818 g/mol. The molecule has 283 valence electrons. The van der Waals surface area contributed by atoms with Crippen molar-refractivity contribution in [3.05, 3.63) is 63.8 Å². The average Bonchev–Trinajstić information content (AvgIpc) is 3.82. The van der Waals surface area contributed by atoms with Crippen molar-refractivity contribution in [3.8, 4) is 0 Å². The topological polar surface area (TPSA) is 53.1 Å². The Morgan fingerprint density at radius 3 is 0.860 bits per heavy atom. The van der Waals surface area contributed by atoms with Crippen molar-refractivity contribution in [1.82, 2.24) is 19.6 Å². The summed E-state index contributed by atoms with van der Waals surface area (Å²) in [4.78, 5) is 18.2. The van der Waals surface area contributed by atoms with E-state index in [-0.39, 0.29) is 20.1 Å². The van der Waals surface area contributed by atoms with E-state index in [0.29, 0.717) is 0 Å². The zero-order chi connectivity index (χ0) is 34.7. The van der Waals surface area contributed by atoms with Gasteiger partial charge in [-0.3, -0.25) is 0 Å². The van der Waals surface area contributed by atoms with E-state index in [0.717, 1.165) is 24.2 Å². The number of halogens is 3. The van der Waals surface area contributed by atoms with Crippen molar-refractivity contribution >= 4 is 5.97 Å². The molecular formula is C40H60F3IrN4O2-. The van der Waals surface area contributed by atoms with Gasteiger partial charge in [-0.15, -0.1) is 0 Å². The second-order valence-corrected chi connectivity index (χ2v) is 14.5. The van der Waals surface area contributed by atoms with Crippen molar-refractivity contribution < 1.29 is 43.2 Å². The van der Waals surface area contributed by atoms with Gasteiger partial charge in [0.05, 0.1) is 0 Å². The fraction of sp³-hybridized carbons (Fsp3) is 0.725. The van der Waals surface area contributed by atoms with Gasteiger partial charge in [-0.25, -0.2) is 0 Å². The second-order valence-electron chi connectivity index (χ2n) is 14.5. The van der Waals surface area contributed by atoms with Crippen LogP contribution in [0.25, 0.3) is 0 Å². The minimum absolute atomic E-state index is 0. The molecule has 0 unspecified atom stereocenters. The molecule has 0 aromatic carbocycles. The van der Waals surface area contributed by atoms with E-state index in [4.69, 9.17) is 9.90 Å². The van der Waals surface area contributed by atoms with E-state index in [1.54, 1.807) is 0 Å². The van der Waals surface area contributed by atoms with Crippen LogP contribution in [-0.2, 0) is 24.9 Å². The molecule has 5 saturated carbocycles. The first-order valence-corrected chi connectivity index (χ1v) is 19.4. The van der Waals surface area contributed by atoms with Crippen molar-refractivity contribution in [2.75, 3.05) is 0 Å². The predicted molar refractivity (Wildman–Crippen MR) is 186 cm³/mol. The molecule has 10 heteroatoms. The number of carboxylic acids is 1. The summed E-state index contributed by atoms with van der Waals surface area (Å²) in [5.74, 6) is -3.01. The third-order valence-corrected chi connectivity index (χ3v) is 10.7. The maximum atomic E-state index is 10.5. The van der Waals surface area contributed by atoms with Crippen LogP contribution in [0.2, 0.25) is 0 Å². The molecule has 0 aromatic heterocycles. The Hall–Kier alpha value is -1.41. The molecule has 0 N–H and O–H groups in total. The summed E-state index contributed by atoms with van der Waals surface area (Å²) in [5, 5.41) is 8.78. The maximum absolute atomic E-state index is 10.5. The van der Waals surface area contributed by atoms with Gasteiger partial charge >= 0.3 is 6.18 Å². The first-order chi connectivity index (χ1) is 23.8. The largest absolute Gasteiger partial charge is 0.542 e. The molecule has 6 nitrogen and oxygen atoms in total. The summed E-state index contributed by atoms with van der Waals surface area (Å²) in [6, 6.07) is 2.92. The van der Waals surface area contributed by atoms with Gasteiger partial charge in [-0.1, -0.05) is 77.0 Å². The Balaban J connectivity index is 0.000000193. The molecule has 2 aliphatic heterocycles. The van der Waals surface area contributed by atoms with Gasteiger partial charge in [-0.05, 0) is 103 Å². The Morgan fingerprint density at radius 2 is 0.680 bits per heavy atom. The molecule has 5 aliphatic carbocycles. The minimum atomic E-state index is -5.19. The Morgan fingerprint density at radius 1 is 0.480 bits per heavy atom. The normalized spacial score (nSPS) is 24.5. The first-order valence-electron chi connectivity index (χ1n) is 19.4.